The van der Waals surface area contributed by atoms with Crippen LogP contribution in [-0.4, -0.2) is 32.3 Å². The minimum Gasteiger partial charge on any atom is -0.383 e. The molecule has 0 amide bonds. The molecule has 1 aliphatic carbocycles. The molecule has 22 heavy (non-hydrogen) atoms. The van der Waals surface area contributed by atoms with Crippen LogP contribution in [0.25, 0.3) is 0 Å². The highest BCUT2D eigenvalue weighted by Gasteiger charge is 2.47. The highest BCUT2D eigenvalue weighted by atomic mass is 127. The van der Waals surface area contributed by atoms with Crippen LogP contribution in [0.3, 0.4) is 0 Å². The Kier molecular flexibility index (Phi) is 6.98. The second-order valence-electron chi connectivity index (χ2n) is 5.58. The third-order valence-electron chi connectivity index (χ3n) is 3.71. The van der Waals surface area contributed by atoms with Crippen molar-refractivity contribution in [2.45, 2.75) is 31.2 Å². The second kappa shape index (κ2) is 8.05. The number of hydrogen-bond donors (Lipinski definition) is 2. The Balaban J connectivity index is 0.00000242. The SMILES string of the molecule is COCC(C)NC(N)=NCC1(c2c(F)cccc2F)CC1.I. The van der Waals surface area contributed by atoms with Gasteiger partial charge >= 0.3 is 0 Å². The molecule has 0 spiro atoms. The van der Waals surface area contributed by atoms with Gasteiger partial charge < -0.3 is 15.8 Å². The molecular weight excluding hydrogens is 403 g/mol. The molecule has 1 aromatic rings. The molecule has 0 aliphatic heterocycles. The highest BCUT2D eigenvalue weighted by Crippen LogP contribution is 2.50. The largest absolute Gasteiger partial charge is 0.383 e. The number of rotatable bonds is 6. The average molecular weight is 425 g/mol. The first-order chi connectivity index (χ1) is 9.98. The minimum absolute atomic E-state index is 0. The van der Waals surface area contributed by atoms with Crippen molar-refractivity contribution in [1.82, 2.24) is 5.32 Å². The van der Waals surface area contributed by atoms with E-state index >= 15 is 0 Å². The van der Waals surface area contributed by atoms with E-state index in [0.29, 0.717) is 6.61 Å². The maximum atomic E-state index is 13.9. The number of nitrogens with one attached hydrogen (secondary N) is 1. The normalized spacial score (nSPS) is 17.5. The number of ether oxygens (including phenoxy) is 1. The van der Waals surface area contributed by atoms with Crippen molar-refractivity contribution in [3.63, 3.8) is 0 Å². The van der Waals surface area contributed by atoms with Gasteiger partial charge in [-0.25, -0.2) is 8.78 Å². The zero-order valence-electron chi connectivity index (χ0n) is 12.7. The number of hydrogen-bond acceptors (Lipinski definition) is 2. The fourth-order valence-electron chi connectivity index (χ4n) is 2.47. The predicted octanol–water partition coefficient (Wildman–Crippen LogP) is 2.55. The summed E-state index contributed by atoms with van der Waals surface area (Å²) >= 11 is 0. The van der Waals surface area contributed by atoms with E-state index in [9.17, 15) is 8.78 Å². The van der Waals surface area contributed by atoms with Gasteiger partial charge in [0.15, 0.2) is 5.96 Å². The van der Waals surface area contributed by atoms with Crippen LogP contribution in [0.2, 0.25) is 0 Å². The molecule has 1 unspecified atom stereocenters. The number of guanidine groups is 1. The molecule has 7 heteroatoms. The smallest absolute Gasteiger partial charge is 0.188 e. The molecule has 0 radical (unpaired) electrons. The molecule has 0 bridgehead atoms. The Labute approximate surface area is 146 Å². The molecule has 1 aromatic carbocycles. The first-order valence-electron chi connectivity index (χ1n) is 6.98. The van der Waals surface area contributed by atoms with Crippen LogP contribution in [0.5, 0.6) is 0 Å². The standard InChI is InChI=1S/C15H21F2N3O.HI/c1-10(8-21-2)20-14(18)19-9-15(6-7-15)13-11(16)4-3-5-12(13)17;/h3-5,10H,6-9H2,1-2H3,(H3,18,19,20);1H. The van der Waals surface area contributed by atoms with Gasteiger partial charge in [-0.2, -0.15) is 0 Å². The summed E-state index contributed by atoms with van der Waals surface area (Å²) in [5.74, 6) is -0.758. The van der Waals surface area contributed by atoms with Gasteiger partial charge in [-0.1, -0.05) is 6.07 Å². The van der Waals surface area contributed by atoms with Gasteiger partial charge in [0.25, 0.3) is 0 Å². The van der Waals surface area contributed by atoms with Crippen molar-refractivity contribution in [1.29, 1.82) is 0 Å². The van der Waals surface area contributed by atoms with E-state index in [2.05, 4.69) is 10.3 Å². The number of nitrogens with zero attached hydrogens (tertiary/aromatic N) is 1. The van der Waals surface area contributed by atoms with E-state index in [1.807, 2.05) is 6.92 Å². The first-order valence-corrected chi connectivity index (χ1v) is 6.98. The zero-order valence-corrected chi connectivity index (χ0v) is 15.1. The topological polar surface area (TPSA) is 59.6 Å². The number of aliphatic imine (C=N–C) groups is 1. The Bertz CT molecular complexity index is 515. The van der Waals surface area contributed by atoms with E-state index < -0.39 is 17.0 Å². The van der Waals surface area contributed by atoms with E-state index in [4.69, 9.17) is 10.5 Å². The van der Waals surface area contributed by atoms with Gasteiger partial charge in [0.2, 0.25) is 0 Å². The molecule has 4 nitrogen and oxygen atoms in total. The van der Waals surface area contributed by atoms with Crippen LogP contribution >= 0.6 is 24.0 Å². The van der Waals surface area contributed by atoms with Gasteiger partial charge in [-0.05, 0) is 31.9 Å². The minimum atomic E-state index is -0.549. The lowest BCUT2D eigenvalue weighted by atomic mass is 9.95. The number of halogens is 3. The van der Waals surface area contributed by atoms with E-state index in [0.717, 1.165) is 12.8 Å². The lowest BCUT2D eigenvalue weighted by molar-refractivity contribution is 0.179. The van der Waals surface area contributed by atoms with Crippen LogP contribution < -0.4 is 11.1 Å². The van der Waals surface area contributed by atoms with E-state index in [-0.39, 0.29) is 48.1 Å². The van der Waals surface area contributed by atoms with Gasteiger partial charge in [0.05, 0.1) is 13.2 Å². The summed E-state index contributed by atoms with van der Waals surface area (Å²) in [4.78, 5) is 4.23. The fourth-order valence-corrected chi connectivity index (χ4v) is 2.47. The van der Waals surface area contributed by atoms with E-state index in [1.165, 1.54) is 18.2 Å². The average Bonchev–Trinajstić information content (AvgIpc) is 3.17. The number of nitrogens with two attached hydrogens (primary N) is 1. The third-order valence-corrected chi connectivity index (χ3v) is 3.71. The first kappa shape index (κ1) is 19.1. The fraction of sp³-hybridized carbons (Fsp3) is 0.533. The van der Waals surface area contributed by atoms with Crippen LogP contribution in [0.1, 0.15) is 25.3 Å². The van der Waals surface area contributed by atoms with Gasteiger partial charge in [-0.15, -0.1) is 24.0 Å². The van der Waals surface area contributed by atoms with Crippen molar-refractivity contribution in [3.05, 3.63) is 35.4 Å². The van der Waals surface area contributed by atoms with Crippen molar-refractivity contribution < 1.29 is 13.5 Å². The van der Waals surface area contributed by atoms with Crippen LogP contribution in [0.15, 0.2) is 23.2 Å². The summed E-state index contributed by atoms with van der Waals surface area (Å²) in [7, 11) is 1.60. The molecule has 2 rings (SSSR count). The third kappa shape index (κ3) is 4.52. The van der Waals surface area contributed by atoms with Gasteiger partial charge in [0.1, 0.15) is 11.6 Å². The molecule has 0 saturated heterocycles. The summed E-state index contributed by atoms with van der Waals surface area (Å²) in [5, 5.41) is 2.98. The lowest BCUT2D eigenvalue weighted by Gasteiger charge is -2.17. The van der Waals surface area contributed by atoms with Crippen molar-refractivity contribution in [3.8, 4) is 0 Å². The number of methoxy groups -OCH3 is 1. The monoisotopic (exact) mass is 425 g/mol. The molecule has 0 heterocycles. The second-order valence-corrected chi connectivity index (χ2v) is 5.58. The lowest BCUT2D eigenvalue weighted by Crippen LogP contribution is -2.41. The molecule has 124 valence electrons. The van der Waals surface area contributed by atoms with Crippen molar-refractivity contribution in [2.24, 2.45) is 10.7 Å². The predicted molar refractivity (Wildman–Crippen MR) is 93.6 cm³/mol. The molecule has 1 saturated carbocycles. The Hall–Kier alpha value is -0.960. The van der Waals surface area contributed by atoms with Crippen LogP contribution in [0, 0.1) is 11.6 Å². The maximum Gasteiger partial charge on any atom is 0.188 e. The van der Waals surface area contributed by atoms with E-state index in [1.54, 1.807) is 7.11 Å². The Morgan fingerprint density at radius 3 is 2.50 bits per heavy atom. The van der Waals surface area contributed by atoms with Crippen LogP contribution in [0.4, 0.5) is 8.78 Å². The number of benzene rings is 1. The van der Waals surface area contributed by atoms with Crippen molar-refractivity contribution >= 4 is 29.9 Å². The quantitative estimate of drug-likeness (QED) is 0.419. The summed E-state index contributed by atoms with van der Waals surface area (Å²) in [6, 6.07) is 3.96. The molecular formula is C15H22F2IN3O. The Morgan fingerprint density at radius 1 is 1.41 bits per heavy atom. The zero-order chi connectivity index (χ0) is 15.5. The summed E-state index contributed by atoms with van der Waals surface area (Å²) < 4.78 is 32.7. The summed E-state index contributed by atoms with van der Waals surface area (Å²) in [6.07, 6.45) is 1.44. The highest BCUT2D eigenvalue weighted by molar-refractivity contribution is 14.0. The summed E-state index contributed by atoms with van der Waals surface area (Å²) in [6.45, 7) is 2.70. The van der Waals surface area contributed by atoms with Crippen molar-refractivity contribution in [2.75, 3.05) is 20.3 Å². The van der Waals surface area contributed by atoms with Gasteiger partial charge in [-0.3, -0.25) is 4.99 Å². The van der Waals surface area contributed by atoms with Crippen LogP contribution in [-0.2, 0) is 10.2 Å². The maximum absolute atomic E-state index is 13.9. The molecule has 1 fully saturated rings. The molecule has 1 aliphatic rings. The molecule has 3 N–H and O–H groups in total. The summed E-state index contributed by atoms with van der Waals surface area (Å²) in [5.41, 5.74) is 5.37. The van der Waals surface area contributed by atoms with Gasteiger partial charge in [0, 0.05) is 24.1 Å². The molecule has 1 atom stereocenters. The molecule has 0 aromatic heterocycles. The Morgan fingerprint density at radius 2 is 2.00 bits per heavy atom.